The fraction of sp³-hybridized carbons (Fsp3) is 0.538. The van der Waals surface area contributed by atoms with Gasteiger partial charge in [-0.15, -0.1) is 0 Å². The van der Waals surface area contributed by atoms with Crippen LogP contribution < -0.4 is 10.6 Å². The van der Waals surface area contributed by atoms with Crippen molar-refractivity contribution in [3.8, 4) is 11.3 Å². The maximum absolute atomic E-state index is 13.5. The molecule has 0 saturated heterocycles. The number of carbonyl (C=O) groups excluding carboxylic acids is 3. The summed E-state index contributed by atoms with van der Waals surface area (Å²) >= 11 is 0. The molecule has 14 heteroatoms. The van der Waals surface area contributed by atoms with E-state index in [1.54, 1.807) is 47.6 Å². The summed E-state index contributed by atoms with van der Waals surface area (Å²) in [6.07, 6.45) is -4.88. The van der Waals surface area contributed by atoms with Gasteiger partial charge in [-0.2, -0.15) is 0 Å². The number of hydrogen-bond acceptors (Lipinski definition) is 9. The Kier molecular flexibility index (Phi) is 11.3. The number of halogens is 3. The Labute approximate surface area is 230 Å². The van der Waals surface area contributed by atoms with Crippen LogP contribution in [0.15, 0.2) is 34.9 Å². The zero-order valence-corrected chi connectivity index (χ0v) is 23.3. The molecule has 40 heavy (non-hydrogen) atoms. The van der Waals surface area contributed by atoms with Crippen LogP contribution in [0, 0.1) is 5.82 Å². The fourth-order valence-electron chi connectivity index (χ4n) is 3.20. The lowest BCUT2D eigenvalue weighted by Crippen LogP contribution is -2.50. The van der Waals surface area contributed by atoms with E-state index in [4.69, 9.17) is 18.7 Å². The lowest BCUT2D eigenvalue weighted by Gasteiger charge is -2.30. The van der Waals surface area contributed by atoms with Crippen LogP contribution in [0.2, 0.25) is 0 Å². The van der Waals surface area contributed by atoms with Crippen molar-refractivity contribution in [2.45, 2.75) is 65.2 Å². The summed E-state index contributed by atoms with van der Waals surface area (Å²) in [5.74, 6) is -1.23. The number of rotatable bonds is 11. The standard InChI is InChI=1S/C26H35F3N4O7/c1-25(2,3)38-22(34)12-30-18(13-33(14-20(28)29)24(36)39-26(4,5)6)15-37-23(35)31-21-11-19(32-40-21)16-8-7-9-17(27)10-16/h7-11,18,20,30H,12-15H2,1-6H3,(H,31,35)/t18-/m0/s1. The zero-order valence-electron chi connectivity index (χ0n) is 23.3. The molecule has 1 aromatic carbocycles. The van der Waals surface area contributed by atoms with E-state index in [9.17, 15) is 27.6 Å². The Morgan fingerprint density at radius 1 is 1.02 bits per heavy atom. The number of nitrogens with one attached hydrogen (secondary N) is 2. The van der Waals surface area contributed by atoms with Gasteiger partial charge in [-0.05, 0) is 53.7 Å². The molecule has 1 heterocycles. The van der Waals surface area contributed by atoms with Crippen LogP contribution in [0.4, 0.5) is 28.6 Å². The smallest absolute Gasteiger partial charge is 0.414 e. The van der Waals surface area contributed by atoms with Gasteiger partial charge in [0.1, 0.15) is 29.3 Å². The van der Waals surface area contributed by atoms with Gasteiger partial charge >= 0.3 is 18.2 Å². The van der Waals surface area contributed by atoms with Crippen LogP contribution in [0.3, 0.4) is 0 Å². The van der Waals surface area contributed by atoms with Crippen LogP contribution in [-0.2, 0) is 19.0 Å². The third kappa shape index (κ3) is 12.4. The van der Waals surface area contributed by atoms with Gasteiger partial charge in [-0.1, -0.05) is 17.3 Å². The molecule has 0 spiro atoms. The second-order valence-electron chi connectivity index (χ2n) is 10.8. The quantitative estimate of drug-likeness (QED) is 0.287. The van der Waals surface area contributed by atoms with Gasteiger partial charge in [-0.25, -0.2) is 22.8 Å². The molecule has 0 aliphatic rings. The van der Waals surface area contributed by atoms with Crippen LogP contribution in [0.1, 0.15) is 41.5 Å². The normalized spacial score (nSPS) is 12.6. The molecule has 0 aliphatic carbocycles. The Bertz CT molecular complexity index is 1150. The van der Waals surface area contributed by atoms with Crippen LogP contribution in [0.25, 0.3) is 11.3 Å². The van der Waals surface area contributed by atoms with E-state index in [1.807, 2.05) is 0 Å². The molecule has 0 saturated carbocycles. The maximum Gasteiger partial charge on any atom is 0.414 e. The third-order valence-corrected chi connectivity index (χ3v) is 4.68. The van der Waals surface area contributed by atoms with E-state index in [-0.39, 0.29) is 24.7 Å². The van der Waals surface area contributed by atoms with Crippen LogP contribution >= 0.6 is 0 Å². The van der Waals surface area contributed by atoms with Crippen molar-refractivity contribution < 1.29 is 46.3 Å². The average Bonchev–Trinajstić information content (AvgIpc) is 3.26. The number of esters is 1. The molecule has 0 radical (unpaired) electrons. The highest BCUT2D eigenvalue weighted by atomic mass is 19.3. The second kappa shape index (κ2) is 14.0. The maximum atomic E-state index is 13.5. The summed E-state index contributed by atoms with van der Waals surface area (Å²) in [7, 11) is 0. The molecule has 1 atom stereocenters. The summed E-state index contributed by atoms with van der Waals surface area (Å²) < 4.78 is 60.6. The van der Waals surface area contributed by atoms with Gasteiger partial charge in [0.2, 0.25) is 5.88 Å². The van der Waals surface area contributed by atoms with Crippen molar-refractivity contribution in [1.82, 2.24) is 15.4 Å². The molecule has 222 valence electrons. The van der Waals surface area contributed by atoms with E-state index in [2.05, 4.69) is 15.8 Å². The summed E-state index contributed by atoms with van der Waals surface area (Å²) in [4.78, 5) is 37.9. The van der Waals surface area contributed by atoms with Gasteiger partial charge in [0, 0.05) is 18.2 Å². The van der Waals surface area contributed by atoms with Crippen molar-refractivity contribution in [2.24, 2.45) is 0 Å². The van der Waals surface area contributed by atoms with E-state index >= 15 is 0 Å². The van der Waals surface area contributed by atoms with Crippen molar-refractivity contribution in [1.29, 1.82) is 0 Å². The largest absolute Gasteiger partial charge is 0.459 e. The van der Waals surface area contributed by atoms with Crippen LogP contribution in [-0.4, -0.2) is 78.1 Å². The molecule has 2 aromatic rings. The molecule has 0 bridgehead atoms. The molecule has 2 amide bonds. The Morgan fingerprint density at radius 2 is 1.70 bits per heavy atom. The Hall–Kier alpha value is -3.81. The number of aromatic nitrogens is 1. The summed E-state index contributed by atoms with van der Waals surface area (Å²) in [5.41, 5.74) is -1.05. The van der Waals surface area contributed by atoms with E-state index < -0.39 is 60.8 Å². The second-order valence-corrected chi connectivity index (χ2v) is 10.8. The summed E-state index contributed by atoms with van der Waals surface area (Å²) in [5, 5.41) is 8.84. The molecule has 0 aliphatic heterocycles. The minimum absolute atomic E-state index is 0.101. The predicted octanol–water partition coefficient (Wildman–Crippen LogP) is 4.83. The van der Waals surface area contributed by atoms with E-state index in [0.29, 0.717) is 5.56 Å². The first kappa shape index (κ1) is 32.4. The monoisotopic (exact) mass is 572 g/mol. The zero-order chi connectivity index (χ0) is 30.1. The van der Waals surface area contributed by atoms with Crippen molar-refractivity contribution in [3.63, 3.8) is 0 Å². The van der Waals surface area contributed by atoms with Gasteiger partial charge < -0.3 is 23.6 Å². The first-order valence-electron chi connectivity index (χ1n) is 12.4. The number of benzene rings is 1. The number of nitrogens with zero attached hydrogens (tertiary/aromatic N) is 2. The Balaban J connectivity index is 2.08. The predicted molar refractivity (Wildman–Crippen MR) is 138 cm³/mol. The lowest BCUT2D eigenvalue weighted by molar-refractivity contribution is -0.153. The average molecular weight is 573 g/mol. The number of anilines is 1. The topological polar surface area (TPSA) is 132 Å². The highest BCUT2D eigenvalue weighted by Gasteiger charge is 2.28. The molecular formula is C26H35F3N4O7. The van der Waals surface area contributed by atoms with Gasteiger partial charge in [0.15, 0.2) is 0 Å². The number of hydrogen-bond donors (Lipinski definition) is 2. The van der Waals surface area contributed by atoms with Gasteiger partial charge in [0.25, 0.3) is 6.43 Å². The number of amides is 2. The number of carbonyl (C=O) groups is 3. The molecular weight excluding hydrogens is 537 g/mol. The van der Waals surface area contributed by atoms with E-state index in [0.717, 1.165) is 4.90 Å². The molecule has 2 rings (SSSR count). The van der Waals surface area contributed by atoms with Crippen molar-refractivity contribution in [2.75, 3.05) is 31.6 Å². The van der Waals surface area contributed by atoms with Gasteiger partial charge in [0.05, 0.1) is 19.1 Å². The number of alkyl halides is 2. The minimum Gasteiger partial charge on any atom is -0.459 e. The SMILES string of the molecule is CC(C)(C)OC(=O)CN[C@H](COC(=O)Nc1cc(-c2cccc(F)c2)no1)CN(CC(F)F)C(=O)OC(C)(C)C. The Morgan fingerprint density at radius 3 is 2.30 bits per heavy atom. The lowest BCUT2D eigenvalue weighted by atomic mass is 10.1. The van der Waals surface area contributed by atoms with E-state index in [1.165, 1.54) is 24.3 Å². The molecule has 1 aromatic heterocycles. The molecule has 0 fully saturated rings. The first-order valence-corrected chi connectivity index (χ1v) is 12.4. The van der Waals surface area contributed by atoms with Crippen molar-refractivity contribution in [3.05, 3.63) is 36.1 Å². The fourth-order valence-corrected chi connectivity index (χ4v) is 3.20. The highest BCUT2D eigenvalue weighted by molar-refractivity contribution is 5.83. The summed E-state index contributed by atoms with van der Waals surface area (Å²) in [6.45, 7) is 7.63. The third-order valence-electron chi connectivity index (χ3n) is 4.68. The van der Waals surface area contributed by atoms with Gasteiger partial charge in [-0.3, -0.25) is 15.4 Å². The minimum atomic E-state index is -2.87. The molecule has 0 unspecified atom stereocenters. The highest BCUT2D eigenvalue weighted by Crippen LogP contribution is 2.22. The first-order chi connectivity index (χ1) is 18.5. The number of ether oxygens (including phenoxy) is 3. The molecule has 2 N–H and O–H groups in total. The summed E-state index contributed by atoms with van der Waals surface area (Å²) in [6, 6.07) is 5.96. The van der Waals surface area contributed by atoms with Crippen molar-refractivity contribution >= 4 is 24.0 Å². The van der Waals surface area contributed by atoms with Crippen LogP contribution in [0.5, 0.6) is 0 Å². The molecule has 11 nitrogen and oxygen atoms in total.